The molecule has 130 valence electrons. The predicted molar refractivity (Wildman–Crippen MR) is 95.9 cm³/mol. The molecule has 1 amide bonds. The van der Waals surface area contributed by atoms with E-state index in [2.05, 4.69) is 54.6 Å². The number of carbonyl (C=O) groups excluding carboxylic acids is 1. The zero-order valence-electron chi connectivity index (χ0n) is 15.0. The number of nitrogens with zero attached hydrogens (tertiary/aromatic N) is 4. The van der Waals surface area contributed by atoms with Crippen LogP contribution in [0.2, 0.25) is 0 Å². The molecule has 2 fully saturated rings. The van der Waals surface area contributed by atoms with Gasteiger partial charge in [-0.3, -0.25) is 4.79 Å². The number of carbonyl (C=O) groups is 1. The molecular weight excluding hydrogens is 300 g/mol. The average Bonchev–Trinajstić information content (AvgIpc) is 3.10. The summed E-state index contributed by atoms with van der Waals surface area (Å²) in [7, 11) is 0. The Morgan fingerprint density at radius 1 is 1.21 bits per heavy atom. The van der Waals surface area contributed by atoms with Gasteiger partial charge in [0.1, 0.15) is 0 Å². The van der Waals surface area contributed by atoms with Crippen molar-refractivity contribution in [2.75, 3.05) is 31.1 Å². The van der Waals surface area contributed by atoms with Crippen LogP contribution in [0, 0.1) is 11.8 Å². The molecule has 0 radical (unpaired) electrons. The van der Waals surface area contributed by atoms with Crippen molar-refractivity contribution in [2.45, 2.75) is 39.0 Å². The van der Waals surface area contributed by atoms with Gasteiger partial charge < -0.3 is 9.80 Å². The van der Waals surface area contributed by atoms with Crippen LogP contribution in [-0.4, -0.2) is 47.2 Å². The number of amides is 1. The molecule has 0 spiro atoms. The maximum absolute atomic E-state index is 12.2. The Morgan fingerprint density at radius 3 is 2.38 bits per heavy atom. The third-order valence-electron chi connectivity index (χ3n) is 5.14. The average molecular weight is 328 g/mol. The standard InChI is InChI=1S/C19H28N4O/c1-5-6-7-18(24)23-12-14-10-22(11-15(14)13-23)17-9-8-16(20-21-17)19(2,3)4/h5,8-9,14-15H,1,6-7,10-13H2,2-4H3. The van der Waals surface area contributed by atoms with Crippen LogP contribution in [0.3, 0.4) is 0 Å². The van der Waals surface area contributed by atoms with Gasteiger partial charge in [-0.05, 0) is 18.6 Å². The summed E-state index contributed by atoms with van der Waals surface area (Å²) in [6, 6.07) is 4.17. The summed E-state index contributed by atoms with van der Waals surface area (Å²) in [5.41, 5.74) is 1.05. The molecule has 2 unspecified atom stereocenters. The lowest BCUT2D eigenvalue weighted by Gasteiger charge is -2.23. The molecular formula is C19H28N4O. The summed E-state index contributed by atoms with van der Waals surface area (Å²) < 4.78 is 0. The molecule has 2 aliphatic rings. The highest BCUT2D eigenvalue weighted by Crippen LogP contribution is 2.33. The Labute approximate surface area is 144 Å². The summed E-state index contributed by atoms with van der Waals surface area (Å²) in [6.45, 7) is 13.8. The molecule has 24 heavy (non-hydrogen) atoms. The first-order chi connectivity index (χ1) is 11.4. The maximum atomic E-state index is 12.2. The van der Waals surface area contributed by atoms with Gasteiger partial charge in [-0.15, -0.1) is 11.7 Å². The molecule has 0 N–H and O–H groups in total. The van der Waals surface area contributed by atoms with Crippen molar-refractivity contribution < 1.29 is 4.79 Å². The molecule has 0 aliphatic carbocycles. The fourth-order valence-electron chi connectivity index (χ4n) is 3.66. The monoisotopic (exact) mass is 328 g/mol. The fourth-order valence-corrected chi connectivity index (χ4v) is 3.66. The molecule has 1 aromatic rings. The van der Waals surface area contributed by atoms with E-state index in [9.17, 15) is 4.79 Å². The quantitative estimate of drug-likeness (QED) is 0.797. The minimum Gasteiger partial charge on any atom is -0.354 e. The third-order valence-corrected chi connectivity index (χ3v) is 5.14. The van der Waals surface area contributed by atoms with E-state index in [0.717, 1.165) is 44.1 Å². The fraction of sp³-hybridized carbons (Fsp3) is 0.632. The molecule has 0 aromatic carbocycles. The van der Waals surface area contributed by atoms with Crippen LogP contribution in [0.5, 0.6) is 0 Å². The van der Waals surface area contributed by atoms with E-state index in [1.807, 2.05) is 11.0 Å². The van der Waals surface area contributed by atoms with E-state index in [-0.39, 0.29) is 11.3 Å². The number of aromatic nitrogens is 2. The highest BCUT2D eigenvalue weighted by atomic mass is 16.2. The van der Waals surface area contributed by atoms with Gasteiger partial charge >= 0.3 is 0 Å². The van der Waals surface area contributed by atoms with Crippen LogP contribution < -0.4 is 4.90 Å². The van der Waals surface area contributed by atoms with Crippen LogP contribution in [-0.2, 0) is 10.2 Å². The Morgan fingerprint density at radius 2 is 1.88 bits per heavy atom. The first-order valence-electron chi connectivity index (χ1n) is 8.86. The van der Waals surface area contributed by atoms with Crippen LogP contribution >= 0.6 is 0 Å². The van der Waals surface area contributed by atoms with Crippen molar-refractivity contribution in [3.63, 3.8) is 0 Å². The normalized spacial score (nSPS) is 23.5. The van der Waals surface area contributed by atoms with Crippen molar-refractivity contribution in [1.29, 1.82) is 0 Å². The molecule has 1 aromatic heterocycles. The number of anilines is 1. The molecule has 0 saturated carbocycles. The van der Waals surface area contributed by atoms with Crippen LogP contribution in [0.15, 0.2) is 24.8 Å². The first kappa shape index (κ1) is 16.9. The number of rotatable bonds is 4. The van der Waals surface area contributed by atoms with Gasteiger partial charge in [-0.25, -0.2) is 0 Å². The predicted octanol–water partition coefficient (Wildman–Crippen LogP) is 2.63. The minimum atomic E-state index is 0.0271. The van der Waals surface area contributed by atoms with Crippen molar-refractivity contribution in [2.24, 2.45) is 11.8 Å². The second-order valence-electron chi connectivity index (χ2n) is 8.08. The van der Waals surface area contributed by atoms with E-state index in [1.165, 1.54) is 0 Å². The van der Waals surface area contributed by atoms with Gasteiger partial charge in [-0.1, -0.05) is 26.8 Å². The van der Waals surface area contributed by atoms with E-state index in [0.29, 0.717) is 18.3 Å². The van der Waals surface area contributed by atoms with Gasteiger partial charge in [0.05, 0.1) is 5.69 Å². The van der Waals surface area contributed by atoms with Crippen LogP contribution in [0.25, 0.3) is 0 Å². The van der Waals surface area contributed by atoms with Crippen molar-refractivity contribution in [1.82, 2.24) is 15.1 Å². The summed E-state index contributed by atoms with van der Waals surface area (Å²) in [4.78, 5) is 16.5. The lowest BCUT2D eigenvalue weighted by atomic mass is 9.92. The molecule has 3 heterocycles. The van der Waals surface area contributed by atoms with Gasteiger partial charge in [0.15, 0.2) is 5.82 Å². The van der Waals surface area contributed by atoms with E-state index in [1.54, 1.807) is 0 Å². The molecule has 0 bridgehead atoms. The second-order valence-corrected chi connectivity index (χ2v) is 8.08. The zero-order valence-corrected chi connectivity index (χ0v) is 15.0. The Hall–Kier alpha value is -1.91. The van der Waals surface area contributed by atoms with Gasteiger partial charge in [-0.2, -0.15) is 5.10 Å². The molecule has 2 atom stereocenters. The molecule has 5 heteroatoms. The zero-order chi connectivity index (χ0) is 17.3. The van der Waals surface area contributed by atoms with E-state index >= 15 is 0 Å². The summed E-state index contributed by atoms with van der Waals surface area (Å²) in [6.07, 6.45) is 3.18. The van der Waals surface area contributed by atoms with Crippen molar-refractivity contribution in [3.8, 4) is 0 Å². The number of hydrogen-bond donors (Lipinski definition) is 0. The Bertz CT molecular complexity index is 591. The van der Waals surface area contributed by atoms with Gasteiger partial charge in [0, 0.05) is 49.9 Å². The smallest absolute Gasteiger partial charge is 0.222 e. The van der Waals surface area contributed by atoms with E-state index in [4.69, 9.17) is 0 Å². The summed E-state index contributed by atoms with van der Waals surface area (Å²) >= 11 is 0. The highest BCUT2D eigenvalue weighted by Gasteiger charge is 2.41. The minimum absolute atomic E-state index is 0.0271. The van der Waals surface area contributed by atoms with Crippen molar-refractivity contribution in [3.05, 3.63) is 30.5 Å². The lowest BCUT2D eigenvalue weighted by Crippen LogP contribution is -2.33. The first-order valence-corrected chi connectivity index (χ1v) is 8.86. The lowest BCUT2D eigenvalue weighted by molar-refractivity contribution is -0.130. The molecule has 5 nitrogen and oxygen atoms in total. The summed E-state index contributed by atoms with van der Waals surface area (Å²) in [5.74, 6) is 2.34. The highest BCUT2D eigenvalue weighted by molar-refractivity contribution is 5.76. The summed E-state index contributed by atoms with van der Waals surface area (Å²) in [5, 5.41) is 8.83. The van der Waals surface area contributed by atoms with Crippen LogP contribution in [0.4, 0.5) is 5.82 Å². The largest absolute Gasteiger partial charge is 0.354 e. The topological polar surface area (TPSA) is 49.3 Å². The SMILES string of the molecule is C=CCCC(=O)N1CC2CN(c3ccc(C(C)(C)C)nn3)CC2C1. The number of likely N-dealkylation sites (tertiary alicyclic amines) is 1. The third kappa shape index (κ3) is 3.45. The Balaban J connectivity index is 1.58. The Kier molecular flexibility index (Phi) is 4.61. The number of hydrogen-bond acceptors (Lipinski definition) is 4. The van der Waals surface area contributed by atoms with Gasteiger partial charge in [0.2, 0.25) is 5.91 Å². The van der Waals surface area contributed by atoms with Crippen molar-refractivity contribution >= 4 is 11.7 Å². The molecule has 3 rings (SSSR count). The number of allylic oxidation sites excluding steroid dienone is 1. The van der Waals surface area contributed by atoms with Crippen LogP contribution in [0.1, 0.15) is 39.3 Å². The molecule has 2 aliphatic heterocycles. The van der Waals surface area contributed by atoms with E-state index < -0.39 is 0 Å². The van der Waals surface area contributed by atoms with Gasteiger partial charge in [0.25, 0.3) is 0 Å². The molecule has 2 saturated heterocycles. The second kappa shape index (κ2) is 6.54. The maximum Gasteiger partial charge on any atom is 0.222 e. The number of fused-ring (bicyclic) bond motifs is 1.